The lowest BCUT2D eigenvalue weighted by molar-refractivity contribution is -0.140. The number of methoxy groups -OCH3 is 1. The zero-order valence-corrected chi connectivity index (χ0v) is 11.3. The molecule has 0 amide bonds. The molecule has 1 aromatic heterocycles. The van der Waals surface area contributed by atoms with Crippen LogP contribution in [0.2, 0.25) is 0 Å². The van der Waals surface area contributed by atoms with E-state index in [0.717, 1.165) is 34.0 Å². The van der Waals surface area contributed by atoms with Gasteiger partial charge in [0.05, 0.1) is 19.2 Å². The van der Waals surface area contributed by atoms with E-state index in [-0.39, 0.29) is 5.97 Å². The van der Waals surface area contributed by atoms with Gasteiger partial charge in [0.15, 0.2) is 0 Å². The van der Waals surface area contributed by atoms with E-state index < -0.39 is 0 Å². The Labute approximate surface area is 106 Å². The molecule has 0 saturated heterocycles. The maximum atomic E-state index is 10.9. The lowest BCUT2D eigenvalue weighted by atomic mass is 10.1. The number of esters is 1. The van der Waals surface area contributed by atoms with Gasteiger partial charge in [-0.3, -0.25) is 9.78 Å². The first-order valence-corrected chi connectivity index (χ1v) is 6.56. The minimum absolute atomic E-state index is 0.175. The van der Waals surface area contributed by atoms with E-state index in [1.165, 1.54) is 7.11 Å². The van der Waals surface area contributed by atoms with Gasteiger partial charge in [-0.1, -0.05) is 0 Å². The second-order valence-corrected chi connectivity index (χ2v) is 4.91. The molecule has 1 rings (SSSR count). The van der Waals surface area contributed by atoms with Gasteiger partial charge in [0.25, 0.3) is 0 Å². The largest absolute Gasteiger partial charge is 0.469 e. The molecule has 0 radical (unpaired) electrons. The zero-order chi connectivity index (χ0) is 12.8. The lowest BCUT2D eigenvalue weighted by Gasteiger charge is -2.09. The van der Waals surface area contributed by atoms with Crippen LogP contribution in [0.1, 0.15) is 23.2 Å². The first-order chi connectivity index (χ1) is 8.06. The summed E-state index contributed by atoms with van der Waals surface area (Å²) in [4.78, 5) is 15.3. The smallest absolute Gasteiger partial charge is 0.306 e. The number of carbonyl (C=O) groups excluding carboxylic acids is 1. The average molecular weight is 254 g/mol. The average Bonchev–Trinajstić information content (AvgIpc) is 2.33. The van der Waals surface area contributed by atoms with E-state index in [2.05, 4.69) is 9.72 Å². The van der Waals surface area contributed by atoms with Crippen molar-refractivity contribution in [2.24, 2.45) is 0 Å². The number of aromatic nitrogens is 1. The Morgan fingerprint density at radius 2 is 2.24 bits per heavy atom. The van der Waals surface area contributed by atoms with E-state index >= 15 is 0 Å². The fourth-order valence-electron chi connectivity index (χ4n) is 1.36. The summed E-state index contributed by atoms with van der Waals surface area (Å²) in [5, 5.41) is 0. The first kappa shape index (κ1) is 13.8. The molecule has 94 valence electrons. The molecule has 0 aromatic carbocycles. The number of nitrogen functional groups attached to an aromatic ring is 1. The topological polar surface area (TPSA) is 65.2 Å². The Morgan fingerprint density at radius 1 is 1.53 bits per heavy atom. The highest BCUT2D eigenvalue weighted by molar-refractivity contribution is 7.98. The number of hydrogen-bond donors (Lipinski definition) is 1. The van der Waals surface area contributed by atoms with Crippen LogP contribution in [0, 0.1) is 13.8 Å². The fourth-order valence-corrected chi connectivity index (χ4v) is 2.30. The minimum atomic E-state index is -0.175. The Bertz CT molecular complexity index is 408. The van der Waals surface area contributed by atoms with Crippen LogP contribution in [0.4, 0.5) is 5.69 Å². The number of hydrogen-bond acceptors (Lipinski definition) is 5. The standard InChI is InChI=1S/C12H18N2O2S/c1-8-6-14-10(9(2)12(8)13)7-17-5-4-11(15)16-3/h6H,4-5,7H2,1-3H3,(H2,13,14). The summed E-state index contributed by atoms with van der Waals surface area (Å²) in [6.45, 7) is 3.93. The van der Waals surface area contributed by atoms with Gasteiger partial charge in [0.1, 0.15) is 0 Å². The third-order valence-electron chi connectivity index (χ3n) is 2.59. The highest BCUT2D eigenvalue weighted by atomic mass is 32.2. The van der Waals surface area contributed by atoms with E-state index in [4.69, 9.17) is 5.73 Å². The van der Waals surface area contributed by atoms with Crippen molar-refractivity contribution in [3.63, 3.8) is 0 Å². The van der Waals surface area contributed by atoms with Crippen LogP contribution in [0.3, 0.4) is 0 Å². The summed E-state index contributed by atoms with van der Waals surface area (Å²) in [6.07, 6.45) is 2.22. The Kier molecular flexibility index (Phi) is 5.28. The number of thioether (sulfide) groups is 1. The minimum Gasteiger partial charge on any atom is -0.469 e. The molecule has 1 aromatic rings. The Morgan fingerprint density at radius 3 is 2.88 bits per heavy atom. The molecular formula is C12H18N2O2S. The van der Waals surface area contributed by atoms with Gasteiger partial charge in [-0.15, -0.1) is 0 Å². The number of nitrogens with two attached hydrogens (primary N) is 1. The van der Waals surface area contributed by atoms with Gasteiger partial charge in [-0.25, -0.2) is 0 Å². The van der Waals surface area contributed by atoms with Gasteiger partial charge in [-0.2, -0.15) is 11.8 Å². The van der Waals surface area contributed by atoms with Gasteiger partial charge < -0.3 is 10.5 Å². The summed E-state index contributed by atoms with van der Waals surface area (Å²) in [7, 11) is 1.40. The highest BCUT2D eigenvalue weighted by Crippen LogP contribution is 2.21. The highest BCUT2D eigenvalue weighted by Gasteiger charge is 2.07. The van der Waals surface area contributed by atoms with Crippen molar-refractivity contribution < 1.29 is 9.53 Å². The maximum Gasteiger partial charge on any atom is 0.306 e. The molecule has 1 heterocycles. The number of anilines is 1. The molecule has 0 spiro atoms. The summed E-state index contributed by atoms with van der Waals surface area (Å²) >= 11 is 1.66. The molecule has 0 saturated carbocycles. The van der Waals surface area contributed by atoms with E-state index in [0.29, 0.717) is 6.42 Å². The molecule has 0 aliphatic heterocycles. The summed E-state index contributed by atoms with van der Waals surface area (Å²) < 4.78 is 4.57. The molecule has 0 unspecified atom stereocenters. The number of ether oxygens (including phenoxy) is 1. The molecule has 2 N–H and O–H groups in total. The maximum absolute atomic E-state index is 10.9. The van der Waals surface area contributed by atoms with Crippen LogP contribution in [-0.4, -0.2) is 23.8 Å². The van der Waals surface area contributed by atoms with E-state index in [1.807, 2.05) is 13.8 Å². The molecule has 4 nitrogen and oxygen atoms in total. The summed E-state index contributed by atoms with van der Waals surface area (Å²) in [5.41, 5.74) is 9.77. The Balaban J connectivity index is 2.47. The quantitative estimate of drug-likeness (QED) is 0.643. The first-order valence-electron chi connectivity index (χ1n) is 5.41. The monoisotopic (exact) mass is 254 g/mol. The van der Waals surface area contributed by atoms with E-state index in [9.17, 15) is 4.79 Å². The summed E-state index contributed by atoms with van der Waals surface area (Å²) in [5.74, 6) is 1.33. The second-order valence-electron chi connectivity index (χ2n) is 3.81. The van der Waals surface area contributed by atoms with Crippen LogP contribution < -0.4 is 5.73 Å². The molecule has 0 aliphatic rings. The number of rotatable bonds is 5. The van der Waals surface area contributed by atoms with Crippen molar-refractivity contribution in [1.29, 1.82) is 0 Å². The molecule has 0 aliphatic carbocycles. The van der Waals surface area contributed by atoms with Crippen LogP contribution >= 0.6 is 11.8 Å². The SMILES string of the molecule is COC(=O)CCSCc1ncc(C)c(N)c1C. The second kappa shape index (κ2) is 6.49. The van der Waals surface area contributed by atoms with Crippen molar-refractivity contribution in [2.75, 3.05) is 18.6 Å². The van der Waals surface area contributed by atoms with Gasteiger partial charge in [-0.05, 0) is 25.0 Å². The fraction of sp³-hybridized carbons (Fsp3) is 0.500. The van der Waals surface area contributed by atoms with Crippen LogP contribution in [0.5, 0.6) is 0 Å². The predicted molar refractivity (Wildman–Crippen MR) is 70.9 cm³/mol. The normalized spacial score (nSPS) is 10.3. The number of aryl methyl sites for hydroxylation is 1. The van der Waals surface area contributed by atoms with Crippen molar-refractivity contribution in [1.82, 2.24) is 4.98 Å². The van der Waals surface area contributed by atoms with Gasteiger partial charge >= 0.3 is 5.97 Å². The van der Waals surface area contributed by atoms with Crippen LogP contribution in [0.15, 0.2) is 6.20 Å². The van der Waals surface area contributed by atoms with Crippen LogP contribution in [-0.2, 0) is 15.3 Å². The van der Waals surface area contributed by atoms with Crippen molar-refractivity contribution >= 4 is 23.4 Å². The third kappa shape index (κ3) is 3.93. The summed E-state index contributed by atoms with van der Waals surface area (Å²) in [6, 6.07) is 0. The van der Waals surface area contributed by atoms with Gasteiger partial charge in [0.2, 0.25) is 0 Å². The zero-order valence-electron chi connectivity index (χ0n) is 10.4. The molecule has 17 heavy (non-hydrogen) atoms. The predicted octanol–water partition coefficient (Wildman–Crippen LogP) is 2.08. The molecule has 0 bridgehead atoms. The number of pyridine rings is 1. The van der Waals surface area contributed by atoms with Gasteiger partial charge in [0, 0.05) is 23.4 Å². The lowest BCUT2D eigenvalue weighted by Crippen LogP contribution is -2.03. The Hall–Kier alpha value is -1.23. The number of carbonyl (C=O) groups is 1. The van der Waals surface area contributed by atoms with E-state index in [1.54, 1.807) is 18.0 Å². The molecular weight excluding hydrogens is 236 g/mol. The van der Waals surface area contributed by atoms with Crippen molar-refractivity contribution in [3.05, 3.63) is 23.0 Å². The molecule has 0 fully saturated rings. The van der Waals surface area contributed by atoms with Crippen LogP contribution in [0.25, 0.3) is 0 Å². The number of nitrogens with zero attached hydrogens (tertiary/aromatic N) is 1. The van der Waals surface area contributed by atoms with Crippen molar-refractivity contribution in [2.45, 2.75) is 26.0 Å². The third-order valence-corrected chi connectivity index (χ3v) is 3.56. The molecule has 5 heteroatoms. The molecule has 0 atom stereocenters. The van der Waals surface area contributed by atoms with Crippen molar-refractivity contribution in [3.8, 4) is 0 Å².